The molecule has 0 fully saturated rings. The van der Waals surface area contributed by atoms with Gasteiger partial charge in [0.1, 0.15) is 11.6 Å². The molecule has 0 aliphatic heterocycles. The van der Waals surface area contributed by atoms with Crippen molar-refractivity contribution < 1.29 is 18.7 Å². The highest BCUT2D eigenvalue weighted by Crippen LogP contribution is 2.27. The van der Waals surface area contributed by atoms with Gasteiger partial charge < -0.3 is 15.4 Å². The number of anilines is 3. The molecule has 41 heavy (non-hydrogen) atoms. The van der Waals surface area contributed by atoms with Gasteiger partial charge in [0, 0.05) is 22.2 Å². The van der Waals surface area contributed by atoms with Gasteiger partial charge in [-0.25, -0.2) is 14.8 Å². The molecule has 1 heterocycles. The van der Waals surface area contributed by atoms with E-state index in [1.165, 1.54) is 29.7 Å². The first-order valence-electron chi connectivity index (χ1n) is 12.5. The average Bonchev–Trinajstić information content (AvgIpc) is 3.47. The number of aromatic nitrogens is 1. The molecule has 0 bridgehead atoms. The summed E-state index contributed by atoms with van der Waals surface area (Å²) in [5.74, 6) is -0.889. The van der Waals surface area contributed by atoms with Crippen molar-refractivity contribution in [2.75, 3.05) is 17.2 Å². The number of rotatable bonds is 10. The average molecular weight is 566 g/mol. The van der Waals surface area contributed by atoms with Crippen molar-refractivity contribution in [3.8, 4) is 17.0 Å². The summed E-state index contributed by atoms with van der Waals surface area (Å²) in [6, 6.07) is 29.6. The Bertz CT molecular complexity index is 1660. The number of benzene rings is 4. The SMILES string of the molecule is O=C(COc1ccc(/C=N/NC(=O)c2ccc(-c3csc(Nc4ccccc4)n3)cc2)cc1)Nc1ccccc1F. The van der Waals surface area contributed by atoms with Crippen molar-refractivity contribution in [3.05, 3.63) is 125 Å². The van der Waals surface area contributed by atoms with Gasteiger partial charge in [-0.3, -0.25) is 9.59 Å². The Labute approximate surface area is 239 Å². The number of amides is 2. The van der Waals surface area contributed by atoms with Crippen LogP contribution in [0, 0.1) is 5.82 Å². The third kappa shape index (κ3) is 7.61. The van der Waals surface area contributed by atoms with Crippen LogP contribution in [0.15, 0.2) is 114 Å². The van der Waals surface area contributed by atoms with E-state index < -0.39 is 11.7 Å². The zero-order chi connectivity index (χ0) is 28.4. The molecule has 0 aliphatic carbocycles. The summed E-state index contributed by atoms with van der Waals surface area (Å²) < 4.78 is 19.1. The molecule has 0 radical (unpaired) electrons. The Hall–Kier alpha value is -5.35. The molecule has 3 N–H and O–H groups in total. The van der Waals surface area contributed by atoms with E-state index in [1.54, 1.807) is 48.5 Å². The summed E-state index contributed by atoms with van der Waals surface area (Å²) in [4.78, 5) is 29.1. The molecule has 0 saturated carbocycles. The minimum atomic E-state index is -0.518. The van der Waals surface area contributed by atoms with Gasteiger partial charge in [0.05, 0.1) is 17.6 Å². The minimum Gasteiger partial charge on any atom is -0.484 e. The molecule has 5 rings (SSSR count). The Kier molecular flexibility index (Phi) is 8.72. The number of halogens is 1. The summed E-state index contributed by atoms with van der Waals surface area (Å²) in [7, 11) is 0. The van der Waals surface area contributed by atoms with Crippen LogP contribution in [0.25, 0.3) is 11.3 Å². The summed E-state index contributed by atoms with van der Waals surface area (Å²) in [5, 5.41) is 12.5. The standard InChI is InChI=1S/C31H24FN5O3S/c32-26-8-4-5-9-27(26)35-29(38)19-40-25-16-10-21(11-17-25)18-33-37-30(39)23-14-12-22(13-15-23)28-20-41-31(36-28)34-24-6-2-1-3-7-24/h1-18,20H,19H2,(H,34,36)(H,35,38)(H,37,39)/b33-18+. The summed E-state index contributed by atoms with van der Waals surface area (Å²) in [5.41, 5.74) is 6.46. The fourth-order valence-corrected chi connectivity index (χ4v) is 4.42. The third-order valence-corrected chi connectivity index (χ3v) is 6.51. The maximum Gasteiger partial charge on any atom is 0.271 e. The van der Waals surface area contributed by atoms with Gasteiger partial charge in [0.2, 0.25) is 0 Å². The van der Waals surface area contributed by atoms with Crippen molar-refractivity contribution in [1.82, 2.24) is 10.4 Å². The van der Waals surface area contributed by atoms with Crippen molar-refractivity contribution in [2.45, 2.75) is 0 Å². The predicted molar refractivity (Wildman–Crippen MR) is 159 cm³/mol. The third-order valence-electron chi connectivity index (χ3n) is 5.75. The van der Waals surface area contributed by atoms with E-state index in [4.69, 9.17) is 4.74 Å². The van der Waals surface area contributed by atoms with Gasteiger partial charge in [-0.1, -0.05) is 42.5 Å². The highest BCUT2D eigenvalue weighted by atomic mass is 32.1. The van der Waals surface area contributed by atoms with Crippen LogP contribution >= 0.6 is 11.3 Å². The van der Waals surface area contributed by atoms with E-state index in [-0.39, 0.29) is 18.2 Å². The number of para-hydroxylation sites is 2. The Morgan fingerprint density at radius 3 is 2.39 bits per heavy atom. The Balaban J connectivity index is 1.08. The Morgan fingerprint density at radius 1 is 0.902 bits per heavy atom. The van der Waals surface area contributed by atoms with Gasteiger partial charge >= 0.3 is 0 Å². The largest absolute Gasteiger partial charge is 0.484 e. The van der Waals surface area contributed by atoms with Gasteiger partial charge in [-0.15, -0.1) is 11.3 Å². The normalized spacial score (nSPS) is 10.8. The topological polar surface area (TPSA) is 105 Å². The lowest BCUT2D eigenvalue weighted by molar-refractivity contribution is -0.118. The summed E-state index contributed by atoms with van der Waals surface area (Å²) in [6.07, 6.45) is 1.50. The van der Waals surface area contributed by atoms with E-state index in [1.807, 2.05) is 47.8 Å². The molecule has 4 aromatic carbocycles. The molecule has 2 amide bonds. The number of carbonyl (C=O) groups excluding carboxylic acids is 2. The molecule has 1 aromatic heterocycles. The summed E-state index contributed by atoms with van der Waals surface area (Å²) in [6.45, 7) is -0.273. The van der Waals surface area contributed by atoms with Crippen LogP contribution in [0.3, 0.4) is 0 Å². The number of thiazole rings is 1. The number of hydrogen-bond acceptors (Lipinski definition) is 7. The van der Waals surface area contributed by atoms with E-state index in [0.717, 1.165) is 22.1 Å². The fourth-order valence-electron chi connectivity index (χ4n) is 3.68. The van der Waals surface area contributed by atoms with Crippen LogP contribution in [0.5, 0.6) is 5.75 Å². The second-order valence-corrected chi connectivity index (χ2v) is 9.55. The zero-order valence-electron chi connectivity index (χ0n) is 21.6. The maximum atomic E-state index is 13.6. The van der Waals surface area contributed by atoms with E-state index in [0.29, 0.717) is 16.9 Å². The number of hydrogen-bond donors (Lipinski definition) is 3. The number of ether oxygens (including phenoxy) is 1. The van der Waals surface area contributed by atoms with Crippen LogP contribution in [-0.4, -0.2) is 29.6 Å². The lowest BCUT2D eigenvalue weighted by atomic mass is 10.1. The van der Waals surface area contributed by atoms with Crippen molar-refractivity contribution >= 4 is 45.9 Å². The van der Waals surface area contributed by atoms with E-state index in [9.17, 15) is 14.0 Å². The molecule has 0 saturated heterocycles. The molecule has 5 aromatic rings. The zero-order valence-corrected chi connectivity index (χ0v) is 22.4. The molecule has 10 heteroatoms. The van der Waals surface area contributed by atoms with Crippen molar-refractivity contribution in [3.63, 3.8) is 0 Å². The van der Waals surface area contributed by atoms with Crippen molar-refractivity contribution in [2.24, 2.45) is 5.10 Å². The second-order valence-electron chi connectivity index (χ2n) is 8.69. The van der Waals surface area contributed by atoms with Crippen LogP contribution in [0.2, 0.25) is 0 Å². The molecule has 0 aliphatic rings. The number of hydrazone groups is 1. The highest BCUT2D eigenvalue weighted by molar-refractivity contribution is 7.14. The fraction of sp³-hybridized carbons (Fsp3) is 0.0323. The first-order valence-corrected chi connectivity index (χ1v) is 13.4. The predicted octanol–water partition coefficient (Wildman–Crippen LogP) is 6.47. The van der Waals surface area contributed by atoms with Gasteiger partial charge in [0.15, 0.2) is 11.7 Å². The lowest BCUT2D eigenvalue weighted by Gasteiger charge is -2.08. The summed E-state index contributed by atoms with van der Waals surface area (Å²) >= 11 is 1.51. The van der Waals surface area contributed by atoms with Crippen LogP contribution in [-0.2, 0) is 4.79 Å². The van der Waals surface area contributed by atoms with Crippen molar-refractivity contribution in [1.29, 1.82) is 0 Å². The minimum absolute atomic E-state index is 0.0933. The van der Waals surface area contributed by atoms with E-state index >= 15 is 0 Å². The monoisotopic (exact) mass is 565 g/mol. The Morgan fingerprint density at radius 2 is 1.63 bits per heavy atom. The molecular formula is C31H24FN5O3S. The van der Waals surface area contributed by atoms with Crippen LogP contribution in [0.1, 0.15) is 15.9 Å². The number of nitrogens with one attached hydrogen (secondary N) is 3. The van der Waals surface area contributed by atoms with Gasteiger partial charge in [-0.05, 0) is 66.2 Å². The molecule has 0 spiro atoms. The second kappa shape index (κ2) is 13.1. The number of nitrogens with zero attached hydrogens (tertiary/aromatic N) is 2. The number of carbonyl (C=O) groups is 2. The molecular weight excluding hydrogens is 541 g/mol. The highest BCUT2D eigenvalue weighted by Gasteiger charge is 2.09. The molecule has 8 nitrogen and oxygen atoms in total. The van der Waals surface area contributed by atoms with Gasteiger partial charge in [0.25, 0.3) is 11.8 Å². The smallest absolute Gasteiger partial charge is 0.271 e. The quantitative estimate of drug-likeness (QED) is 0.133. The molecule has 204 valence electrons. The first-order chi connectivity index (χ1) is 20.0. The van der Waals surface area contributed by atoms with Crippen LogP contribution in [0.4, 0.5) is 20.9 Å². The van der Waals surface area contributed by atoms with Gasteiger partial charge in [-0.2, -0.15) is 5.10 Å². The first kappa shape index (κ1) is 27.2. The molecule has 0 atom stereocenters. The molecule has 0 unspecified atom stereocenters. The maximum absolute atomic E-state index is 13.6. The van der Waals surface area contributed by atoms with Crippen LogP contribution < -0.4 is 20.8 Å². The lowest BCUT2D eigenvalue weighted by Crippen LogP contribution is -2.20. The van der Waals surface area contributed by atoms with E-state index in [2.05, 4.69) is 26.1 Å².